The summed E-state index contributed by atoms with van der Waals surface area (Å²) in [5.41, 5.74) is 0.507. The molecule has 0 fully saturated rings. The Kier molecular flexibility index (Phi) is 6.64. The van der Waals surface area contributed by atoms with E-state index in [2.05, 4.69) is 47.6 Å². The molecule has 0 nitrogen and oxygen atoms in total. The summed E-state index contributed by atoms with van der Waals surface area (Å²) < 4.78 is 1.01. The van der Waals surface area contributed by atoms with Gasteiger partial charge < -0.3 is 0 Å². The largest absolute Gasteiger partial charge is 0.102 e. The molecule has 0 saturated heterocycles. The molecule has 0 radical (unpaired) electrons. The summed E-state index contributed by atoms with van der Waals surface area (Å²) in [6.07, 6.45) is 0. The maximum Gasteiger partial charge on any atom is 0.102 e. The van der Waals surface area contributed by atoms with Crippen molar-refractivity contribution in [1.82, 2.24) is 0 Å². The predicted molar refractivity (Wildman–Crippen MR) is 89.5 cm³/mol. The van der Waals surface area contributed by atoms with Crippen LogP contribution in [0.15, 0.2) is 6.07 Å². The van der Waals surface area contributed by atoms with Crippen LogP contribution in [0.2, 0.25) is 0 Å². The zero-order chi connectivity index (χ0) is 13.9. The van der Waals surface area contributed by atoms with Gasteiger partial charge in [0.2, 0.25) is 0 Å². The normalized spacial score (nSPS) is 11.7. The quantitative estimate of drug-likeness (QED) is 0.410. The lowest BCUT2D eigenvalue weighted by Gasteiger charge is -2.14. The molecule has 0 N–H and O–H groups in total. The number of hydrogen-bond acceptors (Lipinski definition) is 4. The van der Waals surface area contributed by atoms with Gasteiger partial charge in [-0.1, -0.05) is 86.7 Å². The maximum absolute atomic E-state index is 5.03. The lowest BCUT2D eigenvalue weighted by atomic mass is 9.93. The fourth-order valence-electron chi connectivity index (χ4n) is 0.583. The van der Waals surface area contributed by atoms with Crippen molar-refractivity contribution in [3.8, 4) is 0 Å². The Morgan fingerprint density at radius 3 is 1.59 bits per heavy atom. The average molecular weight is 307 g/mol. The van der Waals surface area contributed by atoms with Crippen molar-refractivity contribution < 1.29 is 0 Å². The highest BCUT2D eigenvalue weighted by Crippen LogP contribution is 2.30. The molecule has 1 heterocycles. The van der Waals surface area contributed by atoms with Crippen LogP contribution in [0.5, 0.6) is 0 Å². The Labute approximate surface area is 123 Å². The third kappa shape index (κ3) is 7.39. The maximum atomic E-state index is 5.03. The molecule has 0 aliphatic heterocycles. The molecule has 0 aromatic carbocycles. The summed E-state index contributed by atoms with van der Waals surface area (Å²) in [5.74, 6) is 0. The van der Waals surface area contributed by atoms with Crippen molar-refractivity contribution in [2.75, 3.05) is 0 Å². The minimum absolute atomic E-state index is 0.231. The van der Waals surface area contributed by atoms with Crippen LogP contribution < -0.4 is 0 Å². The molecule has 0 aliphatic rings. The van der Waals surface area contributed by atoms with Crippen LogP contribution in [-0.2, 0) is 5.41 Å². The Morgan fingerprint density at radius 1 is 1.06 bits per heavy atom. The highest BCUT2D eigenvalue weighted by molar-refractivity contribution is 7.80. The van der Waals surface area contributed by atoms with E-state index in [0.717, 1.165) is 8.69 Å². The van der Waals surface area contributed by atoms with Crippen LogP contribution in [0.1, 0.15) is 53.3 Å². The van der Waals surface area contributed by atoms with E-state index < -0.39 is 0 Å². The monoisotopic (exact) mass is 306 g/mol. The number of hydrogen-bond donors (Lipinski definition) is 0. The van der Waals surface area contributed by atoms with Gasteiger partial charge in [0.1, 0.15) is 3.82 Å². The molecule has 0 aliphatic carbocycles. The molecule has 4 heteroatoms. The topological polar surface area (TPSA) is 0 Å². The van der Waals surface area contributed by atoms with Gasteiger partial charge in [0, 0.05) is 4.88 Å². The van der Waals surface area contributed by atoms with Crippen LogP contribution in [-0.4, -0.2) is 4.86 Å². The molecule has 0 unspecified atom stereocenters. The molecule has 0 amide bonds. The first-order chi connectivity index (χ1) is 7.44. The molecular formula is C13H22S4. The molecule has 98 valence electrons. The summed E-state index contributed by atoms with van der Waals surface area (Å²) >= 11 is 9.96. The molecule has 17 heavy (non-hydrogen) atoms. The van der Waals surface area contributed by atoms with Crippen molar-refractivity contribution in [2.45, 2.75) is 53.9 Å². The van der Waals surface area contributed by atoms with Gasteiger partial charge in [-0.2, -0.15) is 0 Å². The first-order valence-electron chi connectivity index (χ1n) is 5.56. The van der Waals surface area contributed by atoms with Crippen molar-refractivity contribution in [3.63, 3.8) is 0 Å². The van der Waals surface area contributed by atoms with E-state index in [4.69, 9.17) is 24.4 Å². The Morgan fingerprint density at radius 2 is 1.47 bits per heavy atom. The van der Waals surface area contributed by atoms with Crippen LogP contribution in [0.3, 0.4) is 0 Å². The average Bonchev–Trinajstić information content (AvgIpc) is 2.50. The molecular weight excluding hydrogens is 284 g/mol. The number of rotatable bonds is 0. The summed E-state index contributed by atoms with van der Waals surface area (Å²) in [6.45, 7) is 15.0. The molecule has 1 aromatic rings. The van der Waals surface area contributed by atoms with E-state index in [9.17, 15) is 0 Å². The second kappa shape index (κ2) is 6.50. The first-order valence-corrected chi connectivity index (χ1v) is 8.53. The van der Waals surface area contributed by atoms with Gasteiger partial charge >= 0.3 is 0 Å². The van der Waals surface area contributed by atoms with Gasteiger partial charge in [0.05, 0.1) is 0 Å². The molecule has 0 bridgehead atoms. The van der Waals surface area contributed by atoms with E-state index in [1.807, 2.05) is 6.92 Å². The fraction of sp³-hybridized carbons (Fsp3) is 0.692. The van der Waals surface area contributed by atoms with E-state index in [1.165, 1.54) is 4.88 Å². The van der Waals surface area contributed by atoms with Gasteiger partial charge in [-0.05, 0) is 28.7 Å². The fourth-order valence-corrected chi connectivity index (χ4v) is 3.46. The van der Waals surface area contributed by atoms with E-state index in [0.29, 0.717) is 0 Å². The molecule has 1 rings (SSSR count). The first kappa shape index (κ1) is 17.4. The second-order valence-corrected chi connectivity index (χ2v) is 9.57. The van der Waals surface area contributed by atoms with Gasteiger partial charge in [-0.15, -0.1) is 0 Å². The number of thiocarbonyl (C=S) groups is 1. The Hall–Kier alpha value is 0.360. The van der Waals surface area contributed by atoms with Crippen LogP contribution in [0.4, 0.5) is 0 Å². The Bertz CT molecular complexity index is 410. The summed E-state index contributed by atoms with van der Waals surface area (Å²) in [4.78, 5) is 2.47. The van der Waals surface area contributed by atoms with Crippen LogP contribution >= 0.6 is 45.1 Å². The standard InChI is InChI=1S/C7H10S3.C6H12S/c1-7(2,3)5-4-6(8)10-9-5;1-5(7)6(2,3)4/h4H,1-3H3;1-4H3. The minimum atomic E-state index is 0.231. The lowest BCUT2D eigenvalue weighted by Crippen LogP contribution is -2.13. The second-order valence-electron chi connectivity index (χ2n) is 6.05. The third-order valence-electron chi connectivity index (χ3n) is 2.26. The molecule has 0 atom stereocenters. The van der Waals surface area contributed by atoms with E-state index in [1.54, 1.807) is 20.7 Å². The van der Waals surface area contributed by atoms with Gasteiger partial charge in [-0.25, -0.2) is 0 Å². The molecule has 0 saturated carbocycles. The van der Waals surface area contributed by atoms with Crippen LogP contribution in [0, 0.1) is 9.24 Å². The minimum Gasteiger partial charge on any atom is -0.0894 e. The summed E-state index contributed by atoms with van der Waals surface area (Å²) in [5, 5.41) is 0. The predicted octanol–water partition coefficient (Wildman–Crippen LogP) is 6.26. The van der Waals surface area contributed by atoms with Crippen molar-refractivity contribution in [2.24, 2.45) is 5.41 Å². The highest BCUT2D eigenvalue weighted by Gasteiger charge is 2.14. The van der Waals surface area contributed by atoms with Gasteiger partial charge in [0.15, 0.2) is 0 Å². The highest BCUT2D eigenvalue weighted by atomic mass is 32.9. The SMILES string of the molecule is CC(=S)C(C)(C)C.CC(C)(C)c1cc(=S)ss1. The van der Waals surface area contributed by atoms with E-state index >= 15 is 0 Å². The Balaban J connectivity index is 0.000000325. The van der Waals surface area contributed by atoms with Crippen molar-refractivity contribution in [3.05, 3.63) is 14.8 Å². The zero-order valence-corrected chi connectivity index (χ0v) is 15.0. The van der Waals surface area contributed by atoms with Crippen molar-refractivity contribution in [1.29, 1.82) is 0 Å². The van der Waals surface area contributed by atoms with Crippen LogP contribution in [0.25, 0.3) is 0 Å². The molecule has 1 aromatic heterocycles. The van der Waals surface area contributed by atoms with Crippen molar-refractivity contribution >= 4 is 50.0 Å². The van der Waals surface area contributed by atoms with Gasteiger partial charge in [0.25, 0.3) is 0 Å². The van der Waals surface area contributed by atoms with E-state index in [-0.39, 0.29) is 10.8 Å². The summed E-state index contributed by atoms with van der Waals surface area (Å²) in [6, 6.07) is 2.10. The zero-order valence-electron chi connectivity index (χ0n) is 11.7. The lowest BCUT2D eigenvalue weighted by molar-refractivity contribution is 0.598. The molecule has 0 spiro atoms. The summed E-state index contributed by atoms with van der Waals surface area (Å²) in [7, 11) is 3.48. The smallest absolute Gasteiger partial charge is 0.0894 e. The van der Waals surface area contributed by atoms with Gasteiger partial charge in [-0.3, -0.25) is 0 Å². The third-order valence-corrected chi connectivity index (χ3v) is 6.16.